The number of aromatic nitrogens is 2. The largest absolute Gasteiger partial charge is 0.497 e. The lowest BCUT2D eigenvalue weighted by atomic mass is 10.1. The van der Waals surface area contributed by atoms with E-state index in [1.165, 1.54) is 24.6 Å². The van der Waals surface area contributed by atoms with E-state index >= 15 is 0 Å². The first-order valence-electron chi connectivity index (χ1n) is 9.42. The third kappa shape index (κ3) is 3.87. The van der Waals surface area contributed by atoms with E-state index in [4.69, 9.17) is 14.2 Å². The number of hydrogen-bond acceptors (Lipinski definition) is 8. The van der Waals surface area contributed by atoms with Crippen LogP contribution in [0.1, 0.15) is 11.3 Å². The fourth-order valence-corrected chi connectivity index (χ4v) is 5.09. The Hall–Kier alpha value is -2.43. The van der Waals surface area contributed by atoms with Crippen molar-refractivity contribution in [3.05, 3.63) is 35.7 Å². The van der Waals surface area contributed by atoms with Crippen LogP contribution < -0.4 is 14.4 Å². The van der Waals surface area contributed by atoms with Crippen molar-refractivity contribution >= 4 is 16.0 Å². The van der Waals surface area contributed by atoms with Crippen LogP contribution in [0.5, 0.6) is 11.5 Å². The maximum atomic E-state index is 13.4. The summed E-state index contributed by atoms with van der Waals surface area (Å²) in [4.78, 5) is 11.3. The van der Waals surface area contributed by atoms with Gasteiger partial charge < -0.3 is 19.1 Å². The van der Waals surface area contributed by atoms with Gasteiger partial charge in [-0.1, -0.05) is 0 Å². The number of methoxy groups -OCH3 is 2. The van der Waals surface area contributed by atoms with E-state index in [1.54, 1.807) is 12.1 Å². The highest BCUT2D eigenvalue weighted by molar-refractivity contribution is 7.89. The van der Waals surface area contributed by atoms with Crippen LogP contribution in [0.3, 0.4) is 0 Å². The summed E-state index contributed by atoms with van der Waals surface area (Å²) in [7, 11) is -0.831. The van der Waals surface area contributed by atoms with E-state index in [0.717, 1.165) is 24.3 Å². The number of rotatable bonds is 5. The molecule has 2 aromatic rings. The van der Waals surface area contributed by atoms with E-state index in [0.29, 0.717) is 37.9 Å². The molecule has 156 valence electrons. The number of fused-ring (bicyclic) bond motifs is 1. The summed E-state index contributed by atoms with van der Waals surface area (Å²) in [5.74, 6) is 1.36. The van der Waals surface area contributed by atoms with Crippen LogP contribution in [0.25, 0.3) is 0 Å². The van der Waals surface area contributed by atoms with Crippen LogP contribution in [0.15, 0.2) is 29.3 Å². The molecule has 4 rings (SSSR count). The van der Waals surface area contributed by atoms with Crippen molar-refractivity contribution < 1.29 is 22.6 Å². The van der Waals surface area contributed by atoms with E-state index in [2.05, 4.69) is 14.9 Å². The van der Waals surface area contributed by atoms with Gasteiger partial charge in [0.2, 0.25) is 16.0 Å². The van der Waals surface area contributed by atoms with Gasteiger partial charge >= 0.3 is 0 Å². The zero-order chi connectivity index (χ0) is 20.4. The van der Waals surface area contributed by atoms with Crippen LogP contribution >= 0.6 is 0 Å². The molecule has 0 bridgehead atoms. The topological polar surface area (TPSA) is 94.1 Å². The van der Waals surface area contributed by atoms with Gasteiger partial charge in [-0.2, -0.15) is 4.31 Å². The Morgan fingerprint density at radius 1 is 1.10 bits per heavy atom. The number of sulfonamides is 1. The molecule has 0 spiro atoms. The number of ether oxygens (including phenoxy) is 3. The van der Waals surface area contributed by atoms with Crippen LogP contribution in [-0.2, 0) is 27.7 Å². The van der Waals surface area contributed by atoms with Gasteiger partial charge in [0.15, 0.2) is 0 Å². The zero-order valence-corrected chi connectivity index (χ0v) is 17.3. The Labute approximate surface area is 170 Å². The summed E-state index contributed by atoms with van der Waals surface area (Å²) in [6.45, 7) is 3.27. The quantitative estimate of drug-likeness (QED) is 0.709. The minimum atomic E-state index is -3.78. The third-order valence-corrected chi connectivity index (χ3v) is 7.05. The average molecular weight is 420 g/mol. The molecular weight excluding hydrogens is 396 g/mol. The number of nitrogens with zero attached hydrogens (tertiary/aromatic N) is 4. The predicted molar refractivity (Wildman–Crippen MR) is 106 cm³/mol. The van der Waals surface area contributed by atoms with Gasteiger partial charge in [-0.05, 0) is 24.1 Å². The maximum absolute atomic E-state index is 13.4. The highest BCUT2D eigenvalue weighted by Crippen LogP contribution is 2.32. The van der Waals surface area contributed by atoms with Crippen molar-refractivity contribution in [3.63, 3.8) is 0 Å². The second-order valence-electron chi connectivity index (χ2n) is 6.85. The van der Waals surface area contributed by atoms with Gasteiger partial charge in [-0.15, -0.1) is 0 Å². The summed E-state index contributed by atoms with van der Waals surface area (Å²) < 4.78 is 44.0. The van der Waals surface area contributed by atoms with Gasteiger partial charge in [0, 0.05) is 31.9 Å². The Morgan fingerprint density at radius 3 is 2.62 bits per heavy atom. The van der Waals surface area contributed by atoms with E-state index in [1.807, 2.05) is 6.20 Å². The predicted octanol–water partition coefficient (Wildman–Crippen LogP) is 1.08. The summed E-state index contributed by atoms with van der Waals surface area (Å²) in [6.07, 6.45) is 2.37. The van der Waals surface area contributed by atoms with E-state index < -0.39 is 10.0 Å². The number of benzene rings is 1. The minimum Gasteiger partial charge on any atom is -0.497 e. The first kappa shape index (κ1) is 19.9. The molecule has 0 saturated carbocycles. The smallest absolute Gasteiger partial charge is 0.247 e. The summed E-state index contributed by atoms with van der Waals surface area (Å²) in [5, 5.41) is 0. The van der Waals surface area contributed by atoms with Crippen LogP contribution in [-0.4, -0.2) is 69.8 Å². The van der Waals surface area contributed by atoms with Crippen molar-refractivity contribution in [2.45, 2.75) is 17.9 Å². The normalized spacial score (nSPS) is 17.7. The Kier molecular flexibility index (Phi) is 5.57. The van der Waals surface area contributed by atoms with Crippen molar-refractivity contribution in [1.82, 2.24) is 14.3 Å². The molecule has 0 unspecified atom stereocenters. The Balaban J connectivity index is 1.63. The SMILES string of the molecule is COc1ccc(OC)c(S(=O)(=O)N2CCc3cnc(N4CCOCC4)nc3C2)c1. The molecule has 2 aliphatic rings. The lowest BCUT2D eigenvalue weighted by Gasteiger charge is -2.30. The fourth-order valence-electron chi connectivity index (χ4n) is 3.51. The van der Waals surface area contributed by atoms with Gasteiger partial charge in [0.25, 0.3) is 0 Å². The molecule has 10 heteroatoms. The summed E-state index contributed by atoms with van der Waals surface area (Å²) >= 11 is 0. The third-order valence-electron chi connectivity index (χ3n) is 5.18. The van der Waals surface area contributed by atoms with Gasteiger partial charge in [0.05, 0.1) is 39.7 Å². The average Bonchev–Trinajstić information content (AvgIpc) is 2.78. The van der Waals surface area contributed by atoms with Crippen molar-refractivity contribution in [2.75, 3.05) is 52.0 Å². The molecule has 0 aliphatic carbocycles. The molecule has 2 aliphatic heterocycles. The first-order chi connectivity index (χ1) is 14.0. The Morgan fingerprint density at radius 2 is 1.90 bits per heavy atom. The van der Waals surface area contributed by atoms with Crippen LogP contribution in [0.2, 0.25) is 0 Å². The summed E-state index contributed by atoms with van der Waals surface area (Å²) in [5.41, 5.74) is 1.71. The lowest BCUT2D eigenvalue weighted by molar-refractivity contribution is 0.122. The van der Waals surface area contributed by atoms with Gasteiger partial charge in [0.1, 0.15) is 16.4 Å². The number of morpholine rings is 1. The molecule has 0 amide bonds. The fraction of sp³-hybridized carbons (Fsp3) is 0.474. The monoisotopic (exact) mass is 420 g/mol. The Bertz CT molecular complexity index is 992. The van der Waals surface area contributed by atoms with Crippen molar-refractivity contribution in [3.8, 4) is 11.5 Å². The number of hydrogen-bond donors (Lipinski definition) is 0. The highest BCUT2D eigenvalue weighted by Gasteiger charge is 2.32. The molecule has 1 aromatic carbocycles. The molecule has 3 heterocycles. The standard InChI is InChI=1S/C19H24N4O5S/c1-26-15-3-4-17(27-2)18(11-15)29(24,25)23-6-5-14-12-20-19(21-16(14)13-23)22-7-9-28-10-8-22/h3-4,11-12H,5-10,13H2,1-2H3. The number of anilines is 1. The van der Waals surface area contributed by atoms with Crippen LogP contribution in [0.4, 0.5) is 5.95 Å². The molecule has 1 aromatic heterocycles. The van der Waals surface area contributed by atoms with Gasteiger partial charge in [-0.3, -0.25) is 0 Å². The minimum absolute atomic E-state index is 0.0882. The molecule has 1 saturated heterocycles. The second-order valence-corrected chi connectivity index (χ2v) is 8.75. The van der Waals surface area contributed by atoms with Gasteiger partial charge in [-0.25, -0.2) is 18.4 Å². The maximum Gasteiger partial charge on any atom is 0.247 e. The molecule has 1 fully saturated rings. The highest BCUT2D eigenvalue weighted by atomic mass is 32.2. The zero-order valence-electron chi connectivity index (χ0n) is 16.5. The second kappa shape index (κ2) is 8.13. The van der Waals surface area contributed by atoms with Crippen LogP contribution in [0, 0.1) is 0 Å². The molecule has 0 N–H and O–H groups in total. The van der Waals surface area contributed by atoms with E-state index in [-0.39, 0.29) is 17.2 Å². The molecule has 0 atom stereocenters. The molecule has 0 radical (unpaired) electrons. The first-order valence-corrected chi connectivity index (χ1v) is 10.9. The molecule has 29 heavy (non-hydrogen) atoms. The molecular formula is C19H24N4O5S. The van der Waals surface area contributed by atoms with Crippen molar-refractivity contribution in [2.24, 2.45) is 0 Å². The van der Waals surface area contributed by atoms with E-state index in [9.17, 15) is 8.42 Å². The molecule has 9 nitrogen and oxygen atoms in total. The van der Waals surface area contributed by atoms with Crippen molar-refractivity contribution in [1.29, 1.82) is 0 Å². The summed E-state index contributed by atoms with van der Waals surface area (Å²) in [6, 6.07) is 4.76. The lowest BCUT2D eigenvalue weighted by Crippen LogP contribution is -2.39.